The molecule has 5 heteroatoms. The molecule has 0 fully saturated rings. The van der Waals surface area contributed by atoms with E-state index in [1.54, 1.807) is 6.07 Å². The van der Waals surface area contributed by atoms with Gasteiger partial charge in [-0.1, -0.05) is 29.8 Å². The van der Waals surface area contributed by atoms with Crippen molar-refractivity contribution in [2.45, 2.75) is 19.6 Å². The van der Waals surface area contributed by atoms with E-state index in [-0.39, 0.29) is 11.3 Å². The minimum Gasteiger partial charge on any atom is -0.357 e. The van der Waals surface area contributed by atoms with Crippen LogP contribution in [0.2, 0.25) is 0 Å². The van der Waals surface area contributed by atoms with Gasteiger partial charge in [0.05, 0.1) is 5.75 Å². The van der Waals surface area contributed by atoms with Crippen LogP contribution in [0.15, 0.2) is 53.3 Å². The summed E-state index contributed by atoms with van der Waals surface area (Å²) >= 11 is 1.48. The summed E-state index contributed by atoms with van der Waals surface area (Å²) in [7, 11) is 0. The molecular weight excluding hydrogens is 332 g/mol. The summed E-state index contributed by atoms with van der Waals surface area (Å²) in [4.78, 5) is 27.6. The molecule has 0 spiro atoms. The molecule has 0 saturated carbocycles. The average Bonchev–Trinajstić information content (AvgIpc) is 2.58. The quantitative estimate of drug-likeness (QED) is 0.729. The number of thioether (sulfide) groups is 1. The van der Waals surface area contributed by atoms with Crippen molar-refractivity contribution in [3.05, 3.63) is 75.6 Å². The van der Waals surface area contributed by atoms with E-state index in [9.17, 15) is 9.59 Å². The van der Waals surface area contributed by atoms with E-state index in [1.165, 1.54) is 11.8 Å². The van der Waals surface area contributed by atoms with Crippen molar-refractivity contribution >= 4 is 34.3 Å². The molecule has 0 bridgehead atoms. The van der Waals surface area contributed by atoms with Crippen LogP contribution >= 0.6 is 11.8 Å². The van der Waals surface area contributed by atoms with Gasteiger partial charge in [0.15, 0.2) is 5.43 Å². The van der Waals surface area contributed by atoms with Crippen LogP contribution in [0.5, 0.6) is 0 Å². The smallest absolute Gasteiger partial charge is 0.234 e. The zero-order valence-corrected chi connectivity index (χ0v) is 15.1. The highest BCUT2D eigenvalue weighted by molar-refractivity contribution is 7.99. The van der Waals surface area contributed by atoms with Crippen molar-refractivity contribution in [3.8, 4) is 0 Å². The Labute approximate surface area is 150 Å². The molecule has 3 aromatic rings. The summed E-state index contributed by atoms with van der Waals surface area (Å²) in [6.45, 7) is 3.93. The molecule has 2 N–H and O–H groups in total. The number of aryl methyl sites for hydroxylation is 2. The topological polar surface area (TPSA) is 62.0 Å². The molecule has 0 unspecified atom stereocenters. The van der Waals surface area contributed by atoms with Crippen molar-refractivity contribution in [3.63, 3.8) is 0 Å². The number of aromatic nitrogens is 1. The molecule has 0 radical (unpaired) electrons. The molecule has 25 heavy (non-hydrogen) atoms. The Morgan fingerprint density at radius 3 is 2.72 bits per heavy atom. The van der Waals surface area contributed by atoms with Gasteiger partial charge >= 0.3 is 0 Å². The first-order valence-electron chi connectivity index (χ1n) is 8.09. The standard InChI is InChI=1S/C20H20N2O2S/c1-13-7-8-18-16(9-13)19(23)10-15(21-18)11-25-12-20(24)22-17-6-4-3-5-14(17)2/h3-10H,11-12H2,1-2H3,(H,21,23)(H,22,24). The van der Waals surface area contributed by atoms with Gasteiger partial charge < -0.3 is 10.3 Å². The number of carbonyl (C=O) groups excluding carboxylic acids is 1. The zero-order valence-electron chi connectivity index (χ0n) is 14.3. The van der Waals surface area contributed by atoms with Crippen molar-refractivity contribution in [2.75, 3.05) is 11.1 Å². The van der Waals surface area contributed by atoms with E-state index >= 15 is 0 Å². The summed E-state index contributed by atoms with van der Waals surface area (Å²) in [6, 6.07) is 15.1. The molecule has 0 aliphatic heterocycles. The normalized spacial score (nSPS) is 10.8. The summed E-state index contributed by atoms with van der Waals surface area (Å²) in [5, 5.41) is 3.61. The molecule has 0 aliphatic carbocycles. The molecule has 0 aliphatic rings. The first kappa shape index (κ1) is 17.3. The number of para-hydroxylation sites is 1. The lowest BCUT2D eigenvalue weighted by Crippen LogP contribution is -2.15. The maximum absolute atomic E-state index is 12.2. The van der Waals surface area contributed by atoms with E-state index in [0.29, 0.717) is 16.9 Å². The van der Waals surface area contributed by atoms with Gasteiger partial charge in [0.1, 0.15) is 0 Å². The summed E-state index contributed by atoms with van der Waals surface area (Å²) in [5.41, 5.74) is 4.61. The van der Waals surface area contributed by atoms with Crippen molar-refractivity contribution in [1.29, 1.82) is 0 Å². The molecule has 1 heterocycles. The van der Waals surface area contributed by atoms with Crippen LogP contribution in [-0.2, 0) is 10.5 Å². The van der Waals surface area contributed by atoms with Crippen LogP contribution in [0, 0.1) is 13.8 Å². The van der Waals surface area contributed by atoms with Crippen LogP contribution < -0.4 is 10.7 Å². The van der Waals surface area contributed by atoms with Gasteiger partial charge in [-0.2, -0.15) is 0 Å². The highest BCUT2D eigenvalue weighted by Gasteiger charge is 2.07. The Bertz CT molecular complexity index is 979. The molecule has 1 aromatic heterocycles. The summed E-state index contributed by atoms with van der Waals surface area (Å²) < 4.78 is 0. The molecule has 4 nitrogen and oxygen atoms in total. The van der Waals surface area contributed by atoms with Crippen molar-refractivity contribution < 1.29 is 4.79 Å². The molecule has 3 rings (SSSR count). The lowest BCUT2D eigenvalue weighted by atomic mass is 10.1. The largest absolute Gasteiger partial charge is 0.357 e. The number of H-pyrrole nitrogens is 1. The lowest BCUT2D eigenvalue weighted by Gasteiger charge is -2.08. The number of nitrogens with one attached hydrogen (secondary N) is 2. The second-order valence-corrected chi connectivity index (χ2v) is 7.05. The number of rotatable bonds is 5. The monoisotopic (exact) mass is 352 g/mol. The van der Waals surface area contributed by atoms with Gasteiger partial charge in [0.25, 0.3) is 0 Å². The number of benzene rings is 2. The van der Waals surface area contributed by atoms with Crippen LogP contribution in [0.4, 0.5) is 5.69 Å². The van der Waals surface area contributed by atoms with E-state index in [4.69, 9.17) is 0 Å². The molecular formula is C20H20N2O2S. The fourth-order valence-electron chi connectivity index (χ4n) is 2.65. The third-order valence-electron chi connectivity index (χ3n) is 3.95. The number of hydrogen-bond acceptors (Lipinski definition) is 3. The number of amides is 1. The van der Waals surface area contributed by atoms with Crippen LogP contribution in [-0.4, -0.2) is 16.6 Å². The minimum absolute atomic E-state index is 0.0115. The minimum atomic E-state index is -0.0435. The van der Waals surface area contributed by atoms with E-state index in [0.717, 1.165) is 28.0 Å². The Morgan fingerprint density at radius 1 is 1.12 bits per heavy atom. The number of aromatic amines is 1. The molecule has 128 valence electrons. The van der Waals surface area contributed by atoms with Gasteiger partial charge in [-0.15, -0.1) is 11.8 Å². The fraction of sp³-hybridized carbons (Fsp3) is 0.200. The molecule has 0 saturated heterocycles. The molecule has 1 amide bonds. The van der Waals surface area contributed by atoms with E-state index in [2.05, 4.69) is 10.3 Å². The van der Waals surface area contributed by atoms with Gasteiger partial charge in [-0.05, 0) is 37.6 Å². The Balaban J connectivity index is 1.61. The van der Waals surface area contributed by atoms with E-state index < -0.39 is 0 Å². The van der Waals surface area contributed by atoms with Gasteiger partial charge in [0, 0.05) is 34.1 Å². The first-order chi connectivity index (χ1) is 12.0. The third kappa shape index (κ3) is 4.31. The predicted octanol–water partition coefficient (Wildman–Crippen LogP) is 4.02. The SMILES string of the molecule is Cc1ccc2[nH]c(CSCC(=O)Nc3ccccc3C)cc(=O)c2c1. The zero-order chi connectivity index (χ0) is 17.8. The summed E-state index contributed by atoms with van der Waals surface area (Å²) in [6.07, 6.45) is 0. The Hall–Kier alpha value is -2.53. The van der Waals surface area contributed by atoms with Crippen LogP contribution in [0.1, 0.15) is 16.8 Å². The number of carbonyl (C=O) groups is 1. The Morgan fingerprint density at radius 2 is 1.92 bits per heavy atom. The van der Waals surface area contributed by atoms with Gasteiger partial charge in [-0.3, -0.25) is 9.59 Å². The second-order valence-electron chi connectivity index (χ2n) is 6.06. The number of hydrogen-bond donors (Lipinski definition) is 2. The number of pyridine rings is 1. The first-order valence-corrected chi connectivity index (χ1v) is 9.24. The van der Waals surface area contributed by atoms with Crippen molar-refractivity contribution in [1.82, 2.24) is 4.98 Å². The Kier molecular flexibility index (Phi) is 5.24. The molecule has 0 atom stereocenters. The summed E-state index contributed by atoms with van der Waals surface area (Å²) in [5.74, 6) is 0.876. The maximum Gasteiger partial charge on any atom is 0.234 e. The average molecular weight is 352 g/mol. The highest BCUT2D eigenvalue weighted by atomic mass is 32.2. The van der Waals surface area contributed by atoms with Crippen LogP contribution in [0.3, 0.4) is 0 Å². The second kappa shape index (κ2) is 7.57. The third-order valence-corrected chi connectivity index (χ3v) is 4.93. The van der Waals surface area contributed by atoms with Crippen LogP contribution in [0.25, 0.3) is 10.9 Å². The lowest BCUT2D eigenvalue weighted by molar-refractivity contribution is -0.113. The highest BCUT2D eigenvalue weighted by Crippen LogP contribution is 2.16. The number of anilines is 1. The molecule has 2 aromatic carbocycles. The number of fused-ring (bicyclic) bond motifs is 1. The van der Waals surface area contributed by atoms with Gasteiger partial charge in [-0.25, -0.2) is 0 Å². The fourth-order valence-corrected chi connectivity index (χ4v) is 3.38. The van der Waals surface area contributed by atoms with E-state index in [1.807, 2.05) is 56.3 Å². The maximum atomic E-state index is 12.2. The van der Waals surface area contributed by atoms with Gasteiger partial charge in [0.2, 0.25) is 5.91 Å². The van der Waals surface area contributed by atoms with Crippen molar-refractivity contribution in [2.24, 2.45) is 0 Å². The predicted molar refractivity (Wildman–Crippen MR) is 105 cm³/mol.